The Morgan fingerprint density at radius 2 is 1.92 bits per heavy atom. The summed E-state index contributed by atoms with van der Waals surface area (Å²) in [5, 5.41) is 0. The van der Waals surface area contributed by atoms with E-state index in [2.05, 4.69) is 22.0 Å². The van der Waals surface area contributed by atoms with Gasteiger partial charge in [-0.05, 0) is 6.42 Å². The van der Waals surface area contributed by atoms with E-state index in [9.17, 15) is 0 Å². The van der Waals surface area contributed by atoms with Crippen LogP contribution in [-0.4, -0.2) is 55.6 Å². The van der Waals surface area contributed by atoms with E-state index in [1.165, 1.54) is 0 Å². The fourth-order valence-electron chi connectivity index (χ4n) is 1.39. The van der Waals surface area contributed by atoms with Crippen LogP contribution in [0.5, 0.6) is 0 Å². The second-order valence-corrected chi connectivity index (χ2v) is 3.71. The van der Waals surface area contributed by atoms with Crippen molar-refractivity contribution < 1.29 is 4.74 Å². The van der Waals surface area contributed by atoms with Crippen LogP contribution >= 0.6 is 12.8 Å². The number of rotatable bonds is 4. The second kappa shape index (κ2) is 5.80. The Kier molecular flexibility index (Phi) is 4.99. The van der Waals surface area contributed by atoms with Crippen molar-refractivity contribution in [2.45, 2.75) is 6.42 Å². The first kappa shape index (κ1) is 10.3. The highest BCUT2D eigenvalue weighted by atomic mass is 32.1. The molecule has 0 saturated carbocycles. The number of hydrogen-bond acceptors (Lipinski definition) is 4. The van der Waals surface area contributed by atoms with Gasteiger partial charge in [0.15, 0.2) is 0 Å². The lowest BCUT2D eigenvalue weighted by Gasteiger charge is -2.31. The van der Waals surface area contributed by atoms with Crippen molar-refractivity contribution in [2.75, 3.05) is 46.4 Å². The van der Waals surface area contributed by atoms with Crippen molar-refractivity contribution >= 4 is 12.8 Å². The molecule has 1 fully saturated rings. The Hall–Kier alpha value is 0.230. The molecule has 0 spiro atoms. The predicted molar refractivity (Wildman–Crippen MR) is 53.5 cm³/mol. The van der Waals surface area contributed by atoms with Crippen LogP contribution in [0.3, 0.4) is 0 Å². The number of methoxy groups -OCH3 is 1. The number of hydrogen-bond donors (Lipinski definition) is 1. The Morgan fingerprint density at radius 3 is 2.50 bits per heavy atom. The third kappa shape index (κ3) is 3.76. The van der Waals surface area contributed by atoms with Gasteiger partial charge < -0.3 is 9.64 Å². The SMILES string of the molecule is COCCCN1CCN(S)CC1. The zero-order chi connectivity index (χ0) is 8.81. The number of nitrogens with zero attached hydrogens (tertiary/aromatic N) is 2. The first-order chi connectivity index (χ1) is 5.83. The molecular formula is C8H18N2OS. The van der Waals surface area contributed by atoms with Crippen molar-refractivity contribution in [2.24, 2.45) is 0 Å². The Morgan fingerprint density at radius 1 is 1.25 bits per heavy atom. The zero-order valence-electron chi connectivity index (χ0n) is 7.70. The van der Waals surface area contributed by atoms with E-state index >= 15 is 0 Å². The molecule has 0 aromatic carbocycles. The van der Waals surface area contributed by atoms with Gasteiger partial charge in [0, 0.05) is 46.4 Å². The summed E-state index contributed by atoms with van der Waals surface area (Å²) >= 11 is 4.29. The third-order valence-electron chi connectivity index (χ3n) is 2.17. The highest BCUT2D eigenvalue weighted by Gasteiger charge is 2.12. The van der Waals surface area contributed by atoms with Gasteiger partial charge in [-0.25, -0.2) is 0 Å². The standard InChI is InChI=1S/C8H18N2OS/c1-11-8-2-3-9-4-6-10(12)7-5-9/h12H,2-8H2,1H3. The van der Waals surface area contributed by atoms with Crippen LogP contribution in [0.15, 0.2) is 0 Å². The molecule has 1 rings (SSSR count). The molecule has 0 bridgehead atoms. The Labute approximate surface area is 80.2 Å². The molecule has 72 valence electrons. The van der Waals surface area contributed by atoms with E-state index in [0.717, 1.165) is 45.8 Å². The summed E-state index contributed by atoms with van der Waals surface area (Å²) in [7, 11) is 1.76. The van der Waals surface area contributed by atoms with Gasteiger partial charge in [0.25, 0.3) is 0 Å². The van der Waals surface area contributed by atoms with E-state index in [1.807, 2.05) is 0 Å². The summed E-state index contributed by atoms with van der Waals surface area (Å²) in [5.74, 6) is 0. The molecule has 0 aromatic rings. The van der Waals surface area contributed by atoms with Gasteiger partial charge in [0.05, 0.1) is 0 Å². The van der Waals surface area contributed by atoms with Crippen LogP contribution in [0.4, 0.5) is 0 Å². The molecule has 0 amide bonds. The highest BCUT2D eigenvalue weighted by Crippen LogP contribution is 2.03. The molecule has 0 aliphatic carbocycles. The maximum atomic E-state index is 5.00. The summed E-state index contributed by atoms with van der Waals surface area (Å²) in [6.07, 6.45) is 1.14. The lowest BCUT2D eigenvalue weighted by Crippen LogP contribution is -2.42. The average molecular weight is 190 g/mol. The van der Waals surface area contributed by atoms with Crippen molar-refractivity contribution in [3.05, 3.63) is 0 Å². The van der Waals surface area contributed by atoms with E-state index in [1.54, 1.807) is 7.11 Å². The molecular weight excluding hydrogens is 172 g/mol. The maximum Gasteiger partial charge on any atom is 0.0474 e. The van der Waals surface area contributed by atoms with Crippen molar-refractivity contribution in [1.82, 2.24) is 9.21 Å². The summed E-state index contributed by atoms with van der Waals surface area (Å²) in [5.41, 5.74) is 0. The topological polar surface area (TPSA) is 15.7 Å². The van der Waals surface area contributed by atoms with Gasteiger partial charge >= 0.3 is 0 Å². The lowest BCUT2D eigenvalue weighted by molar-refractivity contribution is 0.153. The van der Waals surface area contributed by atoms with Crippen LogP contribution in [0.1, 0.15) is 6.42 Å². The van der Waals surface area contributed by atoms with Gasteiger partial charge in [-0.2, -0.15) is 0 Å². The molecule has 4 heteroatoms. The fourth-order valence-corrected chi connectivity index (χ4v) is 1.57. The van der Waals surface area contributed by atoms with Gasteiger partial charge in [-0.1, -0.05) is 12.8 Å². The molecule has 0 aromatic heterocycles. The van der Waals surface area contributed by atoms with E-state index in [4.69, 9.17) is 4.74 Å². The molecule has 1 heterocycles. The molecule has 1 saturated heterocycles. The zero-order valence-corrected chi connectivity index (χ0v) is 8.59. The van der Waals surface area contributed by atoms with Gasteiger partial charge in [-0.15, -0.1) is 0 Å². The quantitative estimate of drug-likeness (QED) is 0.513. The van der Waals surface area contributed by atoms with Gasteiger partial charge in [-0.3, -0.25) is 4.31 Å². The minimum absolute atomic E-state index is 0.876. The van der Waals surface area contributed by atoms with Crippen molar-refractivity contribution in [3.63, 3.8) is 0 Å². The fraction of sp³-hybridized carbons (Fsp3) is 1.00. The van der Waals surface area contributed by atoms with Crippen LogP contribution in [0.2, 0.25) is 0 Å². The van der Waals surface area contributed by atoms with Crippen molar-refractivity contribution in [1.29, 1.82) is 0 Å². The van der Waals surface area contributed by atoms with Crippen LogP contribution in [0, 0.1) is 0 Å². The summed E-state index contributed by atoms with van der Waals surface area (Å²) in [4.78, 5) is 2.46. The molecule has 1 aliphatic heterocycles. The average Bonchev–Trinajstić information content (AvgIpc) is 2.09. The molecule has 0 N–H and O–H groups in total. The molecule has 0 unspecified atom stereocenters. The van der Waals surface area contributed by atoms with Crippen LogP contribution in [0.25, 0.3) is 0 Å². The van der Waals surface area contributed by atoms with Crippen molar-refractivity contribution in [3.8, 4) is 0 Å². The number of piperazine rings is 1. The molecule has 0 radical (unpaired) electrons. The molecule has 0 atom stereocenters. The largest absolute Gasteiger partial charge is 0.385 e. The normalized spacial score (nSPS) is 21.5. The Balaban J connectivity index is 2.01. The van der Waals surface area contributed by atoms with Gasteiger partial charge in [0.2, 0.25) is 0 Å². The molecule has 3 nitrogen and oxygen atoms in total. The summed E-state index contributed by atoms with van der Waals surface area (Å²) < 4.78 is 7.08. The van der Waals surface area contributed by atoms with Crippen LogP contribution in [-0.2, 0) is 4.74 Å². The monoisotopic (exact) mass is 190 g/mol. The maximum absolute atomic E-state index is 5.00. The Bertz CT molecular complexity index is 116. The first-order valence-corrected chi connectivity index (χ1v) is 4.88. The van der Waals surface area contributed by atoms with E-state index < -0.39 is 0 Å². The first-order valence-electron chi connectivity index (χ1n) is 4.48. The smallest absolute Gasteiger partial charge is 0.0474 e. The number of thiol groups is 1. The number of ether oxygens (including phenoxy) is 1. The second-order valence-electron chi connectivity index (χ2n) is 3.14. The molecule has 12 heavy (non-hydrogen) atoms. The highest BCUT2D eigenvalue weighted by molar-refractivity contribution is 7.77. The van der Waals surface area contributed by atoms with Crippen LogP contribution < -0.4 is 0 Å². The molecule has 1 aliphatic rings. The van der Waals surface area contributed by atoms with Gasteiger partial charge in [0.1, 0.15) is 0 Å². The van der Waals surface area contributed by atoms with E-state index in [-0.39, 0.29) is 0 Å². The summed E-state index contributed by atoms with van der Waals surface area (Å²) in [6, 6.07) is 0. The van der Waals surface area contributed by atoms with E-state index in [0.29, 0.717) is 0 Å². The minimum Gasteiger partial charge on any atom is -0.385 e. The summed E-state index contributed by atoms with van der Waals surface area (Å²) in [6.45, 7) is 6.49. The third-order valence-corrected chi connectivity index (χ3v) is 2.57. The lowest BCUT2D eigenvalue weighted by atomic mass is 10.3. The predicted octanol–water partition coefficient (Wildman–Crippen LogP) is 0.485. The minimum atomic E-state index is 0.876.